The zero-order chi connectivity index (χ0) is 22.3. The third-order valence-corrected chi connectivity index (χ3v) is 4.09. The highest BCUT2D eigenvalue weighted by atomic mass is 35.5. The van der Waals surface area contributed by atoms with E-state index in [9.17, 15) is 29.8 Å². The summed E-state index contributed by atoms with van der Waals surface area (Å²) in [7, 11) is 0. The molecule has 0 radical (unpaired) electrons. The van der Waals surface area contributed by atoms with Gasteiger partial charge in [-0.3, -0.25) is 29.8 Å². The lowest BCUT2D eigenvalue weighted by Crippen LogP contribution is -2.23. The molecular weight excluding hydrogens is 418 g/mol. The van der Waals surface area contributed by atoms with E-state index in [1.54, 1.807) is 24.3 Å². The Morgan fingerprint density at radius 2 is 1.77 bits per heavy atom. The summed E-state index contributed by atoms with van der Waals surface area (Å²) in [5.41, 5.74) is 1.92. The van der Waals surface area contributed by atoms with E-state index in [4.69, 9.17) is 11.6 Å². The third kappa shape index (κ3) is 6.34. The summed E-state index contributed by atoms with van der Waals surface area (Å²) in [6.07, 6.45) is -0.542. The number of nitrogens with one attached hydrogen (secondary N) is 2. The standard InChI is InChI=1S/C18H16ClN5O6/c1-11(8-17(25)20-15-5-3-2-4-14(15)19)21-22-18(26)9-12-6-7-13(23(27)28)10-16(12)24(29)30/h2-7,10H,8-9H2,1H3,(H,20,25)(H,22,26)/b21-11+. The first kappa shape index (κ1) is 22.4. The lowest BCUT2D eigenvalue weighted by molar-refractivity contribution is -0.394. The van der Waals surface area contributed by atoms with Crippen LogP contribution in [0.25, 0.3) is 0 Å². The van der Waals surface area contributed by atoms with Crippen LogP contribution in [-0.4, -0.2) is 27.4 Å². The molecule has 0 aliphatic rings. The molecule has 0 atom stereocenters. The van der Waals surface area contributed by atoms with Crippen LogP contribution in [0.3, 0.4) is 0 Å². The van der Waals surface area contributed by atoms with Crippen molar-refractivity contribution in [1.82, 2.24) is 5.43 Å². The monoisotopic (exact) mass is 433 g/mol. The van der Waals surface area contributed by atoms with Crippen molar-refractivity contribution in [2.45, 2.75) is 19.8 Å². The summed E-state index contributed by atoms with van der Waals surface area (Å²) in [4.78, 5) is 44.4. The molecule has 2 aromatic carbocycles. The maximum absolute atomic E-state index is 12.0. The molecule has 0 aromatic heterocycles. The Hall–Kier alpha value is -3.86. The first-order valence-corrected chi connectivity index (χ1v) is 8.83. The smallest absolute Gasteiger partial charge is 0.279 e. The maximum atomic E-state index is 12.0. The van der Waals surface area contributed by atoms with Crippen LogP contribution < -0.4 is 10.7 Å². The van der Waals surface area contributed by atoms with Crippen LogP contribution in [0.15, 0.2) is 47.6 Å². The number of amides is 2. The maximum Gasteiger partial charge on any atom is 0.279 e. The van der Waals surface area contributed by atoms with Crippen molar-refractivity contribution in [3.8, 4) is 0 Å². The van der Waals surface area contributed by atoms with E-state index in [0.29, 0.717) is 10.7 Å². The number of hydrazone groups is 1. The highest BCUT2D eigenvalue weighted by Crippen LogP contribution is 2.25. The van der Waals surface area contributed by atoms with Crippen LogP contribution in [0.5, 0.6) is 0 Å². The second kappa shape index (κ2) is 10.1. The van der Waals surface area contributed by atoms with Crippen LogP contribution in [-0.2, 0) is 16.0 Å². The van der Waals surface area contributed by atoms with Gasteiger partial charge in [0.25, 0.3) is 11.4 Å². The van der Waals surface area contributed by atoms with Gasteiger partial charge in [-0.25, -0.2) is 5.43 Å². The topological polar surface area (TPSA) is 157 Å². The Balaban J connectivity index is 1.97. The minimum absolute atomic E-state index is 0.00702. The molecule has 156 valence electrons. The summed E-state index contributed by atoms with van der Waals surface area (Å²) in [6, 6.07) is 9.68. The molecule has 2 N–H and O–H groups in total. The molecular formula is C18H16ClN5O6. The Morgan fingerprint density at radius 3 is 2.40 bits per heavy atom. The average Bonchev–Trinajstić information content (AvgIpc) is 2.68. The van der Waals surface area contributed by atoms with Crippen LogP contribution >= 0.6 is 11.6 Å². The van der Waals surface area contributed by atoms with E-state index in [1.807, 2.05) is 0 Å². The van der Waals surface area contributed by atoms with E-state index >= 15 is 0 Å². The molecule has 0 aliphatic carbocycles. The van der Waals surface area contributed by atoms with Gasteiger partial charge in [-0.05, 0) is 25.1 Å². The molecule has 2 rings (SSSR count). The number of non-ortho nitro benzene ring substituents is 1. The average molecular weight is 434 g/mol. The Labute approximate surface area is 175 Å². The number of rotatable bonds is 8. The SMILES string of the molecule is C/C(CC(=O)Nc1ccccc1Cl)=N\NC(=O)Cc1ccc([N+](=O)[O-])cc1[N+](=O)[O-]. The number of hydrogen-bond donors (Lipinski definition) is 2. The predicted molar refractivity (Wildman–Crippen MR) is 109 cm³/mol. The zero-order valence-corrected chi connectivity index (χ0v) is 16.4. The van der Waals surface area contributed by atoms with Gasteiger partial charge in [0.15, 0.2) is 0 Å². The van der Waals surface area contributed by atoms with Crippen molar-refractivity contribution in [1.29, 1.82) is 0 Å². The molecule has 0 fully saturated rings. The fourth-order valence-electron chi connectivity index (χ4n) is 2.38. The number of para-hydroxylation sites is 1. The number of benzene rings is 2. The van der Waals surface area contributed by atoms with Gasteiger partial charge in [-0.15, -0.1) is 0 Å². The third-order valence-electron chi connectivity index (χ3n) is 3.76. The lowest BCUT2D eigenvalue weighted by atomic mass is 10.1. The van der Waals surface area contributed by atoms with Crippen molar-refractivity contribution in [2.75, 3.05) is 5.32 Å². The number of hydrogen-bond acceptors (Lipinski definition) is 7. The summed E-state index contributed by atoms with van der Waals surface area (Å²) in [5.74, 6) is -1.08. The minimum Gasteiger partial charge on any atom is -0.324 e. The Morgan fingerprint density at radius 1 is 1.07 bits per heavy atom. The van der Waals surface area contributed by atoms with Crippen LogP contribution in [0.2, 0.25) is 5.02 Å². The van der Waals surface area contributed by atoms with Gasteiger partial charge >= 0.3 is 0 Å². The molecule has 0 saturated heterocycles. The second-order valence-electron chi connectivity index (χ2n) is 6.09. The van der Waals surface area contributed by atoms with Gasteiger partial charge in [0.05, 0.1) is 39.5 Å². The van der Waals surface area contributed by atoms with E-state index in [2.05, 4.69) is 15.8 Å². The molecule has 0 bridgehead atoms. The lowest BCUT2D eigenvalue weighted by Gasteiger charge is -2.07. The van der Waals surface area contributed by atoms with Gasteiger partial charge in [0.1, 0.15) is 0 Å². The van der Waals surface area contributed by atoms with Crippen molar-refractivity contribution < 1.29 is 19.4 Å². The highest BCUT2D eigenvalue weighted by molar-refractivity contribution is 6.33. The number of carbonyl (C=O) groups is 2. The Kier molecular flexibility index (Phi) is 7.53. The molecule has 0 aliphatic heterocycles. The molecule has 0 heterocycles. The first-order valence-electron chi connectivity index (χ1n) is 8.45. The van der Waals surface area contributed by atoms with Crippen molar-refractivity contribution in [2.24, 2.45) is 5.10 Å². The van der Waals surface area contributed by atoms with Crippen LogP contribution in [0.4, 0.5) is 17.1 Å². The molecule has 0 unspecified atom stereocenters. The van der Waals surface area contributed by atoms with Crippen LogP contribution in [0.1, 0.15) is 18.9 Å². The number of nitro groups is 2. The molecule has 11 nitrogen and oxygen atoms in total. The molecule has 2 aromatic rings. The molecule has 30 heavy (non-hydrogen) atoms. The number of nitro benzene ring substituents is 2. The van der Waals surface area contributed by atoms with E-state index in [0.717, 1.165) is 18.2 Å². The fraction of sp³-hybridized carbons (Fsp3) is 0.167. The molecule has 2 amide bonds. The summed E-state index contributed by atoms with van der Waals surface area (Å²) in [6.45, 7) is 1.51. The van der Waals surface area contributed by atoms with Gasteiger partial charge in [0.2, 0.25) is 11.8 Å². The number of nitrogens with zero attached hydrogens (tertiary/aromatic N) is 3. The van der Waals surface area contributed by atoms with Crippen molar-refractivity contribution in [3.63, 3.8) is 0 Å². The number of anilines is 1. The van der Waals surface area contributed by atoms with Gasteiger partial charge in [-0.1, -0.05) is 23.7 Å². The molecule has 0 saturated carbocycles. The molecule has 12 heteroatoms. The second-order valence-corrected chi connectivity index (χ2v) is 6.50. The number of carbonyl (C=O) groups excluding carboxylic acids is 2. The summed E-state index contributed by atoms with van der Waals surface area (Å²) < 4.78 is 0. The summed E-state index contributed by atoms with van der Waals surface area (Å²) in [5, 5.41) is 28.6. The van der Waals surface area contributed by atoms with E-state index in [-0.39, 0.29) is 17.7 Å². The Bertz CT molecular complexity index is 1040. The van der Waals surface area contributed by atoms with Gasteiger partial charge in [0, 0.05) is 17.3 Å². The minimum atomic E-state index is -0.802. The van der Waals surface area contributed by atoms with E-state index in [1.165, 1.54) is 6.92 Å². The quantitative estimate of drug-likeness (QED) is 0.369. The normalized spacial score (nSPS) is 10.9. The van der Waals surface area contributed by atoms with Crippen molar-refractivity contribution >= 4 is 46.2 Å². The first-order chi connectivity index (χ1) is 14.2. The summed E-state index contributed by atoms with van der Waals surface area (Å²) >= 11 is 5.96. The van der Waals surface area contributed by atoms with Gasteiger partial charge < -0.3 is 5.32 Å². The molecule has 0 spiro atoms. The predicted octanol–water partition coefficient (Wildman–Crippen LogP) is 3.22. The van der Waals surface area contributed by atoms with Crippen LogP contribution in [0, 0.1) is 20.2 Å². The zero-order valence-electron chi connectivity index (χ0n) is 15.6. The largest absolute Gasteiger partial charge is 0.324 e. The van der Waals surface area contributed by atoms with Gasteiger partial charge in [-0.2, -0.15) is 5.10 Å². The van der Waals surface area contributed by atoms with Crippen molar-refractivity contribution in [3.05, 3.63) is 73.3 Å². The highest BCUT2D eigenvalue weighted by Gasteiger charge is 2.21. The number of halogens is 1. The van der Waals surface area contributed by atoms with E-state index < -0.39 is 39.5 Å². The fourth-order valence-corrected chi connectivity index (χ4v) is 2.57.